The van der Waals surface area contributed by atoms with Gasteiger partial charge >= 0.3 is 0 Å². The Morgan fingerprint density at radius 2 is 1.95 bits per heavy atom. The summed E-state index contributed by atoms with van der Waals surface area (Å²) < 4.78 is 0. The van der Waals surface area contributed by atoms with Crippen molar-refractivity contribution in [2.24, 2.45) is 5.92 Å². The Hall–Kier alpha value is -1.30. The first kappa shape index (κ1) is 14.3. The maximum atomic E-state index is 12.4. The lowest BCUT2D eigenvalue weighted by Gasteiger charge is -2.42. The van der Waals surface area contributed by atoms with E-state index in [0.29, 0.717) is 11.8 Å². The molecule has 1 saturated carbocycles. The summed E-state index contributed by atoms with van der Waals surface area (Å²) in [6.45, 7) is 3.45. The summed E-state index contributed by atoms with van der Waals surface area (Å²) in [5, 5.41) is 0. The summed E-state index contributed by atoms with van der Waals surface area (Å²) >= 11 is 1.94. The van der Waals surface area contributed by atoms with Gasteiger partial charge in [-0.2, -0.15) is 11.8 Å². The number of aromatic nitrogens is 2. The lowest BCUT2D eigenvalue weighted by atomic mass is 9.83. The lowest BCUT2D eigenvalue weighted by molar-refractivity contribution is -0.135. The summed E-state index contributed by atoms with van der Waals surface area (Å²) in [5.41, 5.74) is 1.18. The molecule has 1 aromatic rings. The molecule has 4 rings (SSSR count). The maximum absolute atomic E-state index is 12.4. The summed E-state index contributed by atoms with van der Waals surface area (Å²) in [6, 6.07) is 2.13. The van der Waals surface area contributed by atoms with Gasteiger partial charge in [-0.05, 0) is 12.8 Å². The zero-order valence-electron chi connectivity index (χ0n) is 12.8. The molecule has 0 spiro atoms. The van der Waals surface area contributed by atoms with Gasteiger partial charge in [0.2, 0.25) is 5.91 Å². The highest BCUT2D eigenvalue weighted by Gasteiger charge is 2.36. The van der Waals surface area contributed by atoms with Crippen molar-refractivity contribution in [1.82, 2.24) is 14.9 Å². The number of amides is 1. The lowest BCUT2D eigenvalue weighted by Crippen LogP contribution is -2.56. The standard InChI is InChI=1S/C16H22N4OS/c21-16(19-4-6-22-7-5-19)13-9-20(10-13)15-8-14(17-11-18-15)12-2-1-3-12/h8,11-13H,1-7,9-10H2. The Morgan fingerprint density at radius 1 is 1.18 bits per heavy atom. The van der Waals surface area contributed by atoms with Gasteiger partial charge < -0.3 is 9.80 Å². The van der Waals surface area contributed by atoms with Gasteiger partial charge in [-0.25, -0.2) is 9.97 Å². The van der Waals surface area contributed by atoms with E-state index in [1.165, 1.54) is 25.0 Å². The highest BCUT2D eigenvalue weighted by molar-refractivity contribution is 7.99. The molecule has 1 aromatic heterocycles. The van der Waals surface area contributed by atoms with Gasteiger partial charge in [0, 0.05) is 55.4 Å². The second-order valence-electron chi connectivity index (χ2n) is 6.47. The minimum absolute atomic E-state index is 0.158. The summed E-state index contributed by atoms with van der Waals surface area (Å²) in [5.74, 6) is 4.29. The van der Waals surface area contributed by atoms with Crippen LogP contribution >= 0.6 is 11.8 Å². The second-order valence-corrected chi connectivity index (χ2v) is 7.69. The zero-order valence-corrected chi connectivity index (χ0v) is 13.6. The second kappa shape index (κ2) is 6.07. The van der Waals surface area contributed by atoms with Crippen LogP contribution in [0.25, 0.3) is 0 Å². The maximum Gasteiger partial charge on any atom is 0.229 e. The Balaban J connectivity index is 1.35. The Labute approximate surface area is 135 Å². The normalized spacial score (nSPS) is 23.1. The molecule has 3 fully saturated rings. The van der Waals surface area contributed by atoms with Crippen molar-refractivity contribution < 1.29 is 4.79 Å². The average Bonchev–Trinajstić information content (AvgIpc) is 2.45. The monoisotopic (exact) mass is 318 g/mol. The summed E-state index contributed by atoms with van der Waals surface area (Å²) in [4.78, 5) is 25.5. The molecule has 2 saturated heterocycles. The molecule has 0 radical (unpaired) electrons. The Morgan fingerprint density at radius 3 is 2.64 bits per heavy atom. The van der Waals surface area contributed by atoms with Crippen LogP contribution in [-0.4, -0.2) is 58.5 Å². The number of anilines is 1. The van der Waals surface area contributed by atoms with Crippen LogP contribution < -0.4 is 4.90 Å². The van der Waals surface area contributed by atoms with Gasteiger partial charge in [-0.1, -0.05) is 6.42 Å². The van der Waals surface area contributed by atoms with Crippen molar-refractivity contribution in [3.05, 3.63) is 18.1 Å². The van der Waals surface area contributed by atoms with E-state index < -0.39 is 0 Å². The van der Waals surface area contributed by atoms with Crippen molar-refractivity contribution >= 4 is 23.5 Å². The molecule has 22 heavy (non-hydrogen) atoms. The van der Waals surface area contributed by atoms with Gasteiger partial charge in [-0.15, -0.1) is 0 Å². The molecule has 118 valence electrons. The van der Waals surface area contributed by atoms with Crippen LogP contribution in [0.15, 0.2) is 12.4 Å². The predicted octanol–water partition coefficient (Wildman–Crippen LogP) is 1.76. The van der Waals surface area contributed by atoms with Crippen LogP contribution in [0, 0.1) is 5.92 Å². The third-order valence-electron chi connectivity index (χ3n) is 5.07. The van der Waals surface area contributed by atoms with Crippen molar-refractivity contribution in [3.8, 4) is 0 Å². The van der Waals surface area contributed by atoms with E-state index in [-0.39, 0.29) is 5.92 Å². The molecule has 0 N–H and O–H groups in total. The fraction of sp³-hybridized carbons (Fsp3) is 0.688. The Bertz CT molecular complexity index is 551. The number of carbonyl (C=O) groups excluding carboxylic acids is 1. The molecule has 1 aliphatic carbocycles. The van der Waals surface area contributed by atoms with E-state index >= 15 is 0 Å². The molecule has 0 unspecified atom stereocenters. The highest BCUT2D eigenvalue weighted by Crippen LogP contribution is 2.36. The first-order chi connectivity index (χ1) is 10.8. The van der Waals surface area contributed by atoms with Crippen molar-refractivity contribution in [2.45, 2.75) is 25.2 Å². The van der Waals surface area contributed by atoms with Crippen LogP contribution in [0.2, 0.25) is 0 Å². The van der Waals surface area contributed by atoms with Crippen LogP contribution in [0.5, 0.6) is 0 Å². The van der Waals surface area contributed by atoms with E-state index in [0.717, 1.165) is 43.5 Å². The van der Waals surface area contributed by atoms with Crippen molar-refractivity contribution in [3.63, 3.8) is 0 Å². The van der Waals surface area contributed by atoms with Gasteiger partial charge in [0.15, 0.2) is 0 Å². The van der Waals surface area contributed by atoms with Crippen molar-refractivity contribution in [1.29, 1.82) is 0 Å². The molecule has 0 aromatic carbocycles. The molecule has 2 aliphatic heterocycles. The smallest absolute Gasteiger partial charge is 0.229 e. The fourth-order valence-electron chi connectivity index (χ4n) is 3.33. The number of hydrogen-bond donors (Lipinski definition) is 0. The third kappa shape index (κ3) is 2.69. The summed E-state index contributed by atoms with van der Waals surface area (Å²) in [6.07, 6.45) is 5.51. The zero-order chi connectivity index (χ0) is 14.9. The van der Waals surface area contributed by atoms with E-state index in [4.69, 9.17) is 0 Å². The number of thioether (sulfide) groups is 1. The van der Waals surface area contributed by atoms with E-state index in [1.54, 1.807) is 6.33 Å². The first-order valence-corrected chi connectivity index (χ1v) is 9.40. The average molecular weight is 318 g/mol. The minimum atomic E-state index is 0.158. The molecule has 0 bridgehead atoms. The van der Waals surface area contributed by atoms with Gasteiger partial charge in [0.25, 0.3) is 0 Å². The minimum Gasteiger partial charge on any atom is -0.355 e. The molecule has 1 amide bonds. The van der Waals surface area contributed by atoms with Crippen LogP contribution in [-0.2, 0) is 4.79 Å². The quantitative estimate of drug-likeness (QED) is 0.850. The van der Waals surface area contributed by atoms with Gasteiger partial charge in [0.1, 0.15) is 12.1 Å². The van der Waals surface area contributed by atoms with Crippen LogP contribution in [0.3, 0.4) is 0 Å². The van der Waals surface area contributed by atoms with Crippen LogP contribution in [0.1, 0.15) is 30.9 Å². The van der Waals surface area contributed by atoms with Crippen molar-refractivity contribution in [2.75, 3.05) is 42.6 Å². The molecular formula is C16H22N4OS. The summed E-state index contributed by atoms with van der Waals surface area (Å²) in [7, 11) is 0. The third-order valence-corrected chi connectivity index (χ3v) is 6.02. The number of hydrogen-bond acceptors (Lipinski definition) is 5. The van der Waals surface area contributed by atoms with E-state index in [2.05, 4.69) is 20.9 Å². The van der Waals surface area contributed by atoms with Gasteiger partial charge in [0.05, 0.1) is 5.92 Å². The fourth-order valence-corrected chi connectivity index (χ4v) is 4.23. The number of nitrogens with zero attached hydrogens (tertiary/aromatic N) is 4. The van der Waals surface area contributed by atoms with E-state index in [1.807, 2.05) is 16.7 Å². The van der Waals surface area contributed by atoms with Gasteiger partial charge in [-0.3, -0.25) is 4.79 Å². The molecule has 3 aliphatic rings. The van der Waals surface area contributed by atoms with E-state index in [9.17, 15) is 4.79 Å². The van der Waals surface area contributed by atoms with Crippen LogP contribution in [0.4, 0.5) is 5.82 Å². The number of rotatable bonds is 3. The Kier molecular flexibility index (Phi) is 3.94. The SMILES string of the molecule is O=C(C1CN(c2cc(C3CCC3)ncn2)C1)N1CCSCC1. The number of carbonyl (C=O) groups is 1. The first-order valence-electron chi connectivity index (χ1n) is 8.24. The molecular weight excluding hydrogens is 296 g/mol. The highest BCUT2D eigenvalue weighted by atomic mass is 32.2. The largest absolute Gasteiger partial charge is 0.355 e. The molecule has 3 heterocycles. The molecule has 5 nitrogen and oxygen atoms in total. The molecule has 6 heteroatoms. The predicted molar refractivity (Wildman–Crippen MR) is 88.2 cm³/mol. The molecule has 0 atom stereocenters. The topological polar surface area (TPSA) is 49.3 Å².